The molecular formula is C52H34N2. The van der Waals surface area contributed by atoms with Crippen LogP contribution in [-0.4, -0.2) is 4.57 Å². The SMILES string of the molecule is c1ccc(-n2c3ccccc3c3cccc(N(c4cccc(-c5cccc6c5ccc5ccccc56)c4)c4ccc5c(ccc6ccccc65)c4)c32)cc1. The van der Waals surface area contributed by atoms with E-state index in [2.05, 4.69) is 216 Å². The van der Waals surface area contributed by atoms with E-state index in [0.29, 0.717) is 0 Å². The van der Waals surface area contributed by atoms with Gasteiger partial charge in [0.15, 0.2) is 0 Å². The Morgan fingerprint density at radius 2 is 0.926 bits per heavy atom. The van der Waals surface area contributed by atoms with E-state index in [1.807, 2.05) is 0 Å². The first-order chi connectivity index (χ1) is 26.8. The third-order valence-electron chi connectivity index (χ3n) is 11.1. The molecule has 2 heteroatoms. The van der Waals surface area contributed by atoms with Crippen LogP contribution in [0.1, 0.15) is 0 Å². The largest absolute Gasteiger partial charge is 0.308 e. The molecule has 0 saturated carbocycles. The minimum absolute atomic E-state index is 1.10. The number of para-hydroxylation sites is 3. The number of hydrogen-bond acceptors (Lipinski definition) is 1. The van der Waals surface area contributed by atoms with Gasteiger partial charge in [0, 0.05) is 27.8 Å². The summed E-state index contributed by atoms with van der Waals surface area (Å²) >= 11 is 0. The van der Waals surface area contributed by atoms with Crippen LogP contribution in [0.15, 0.2) is 206 Å². The van der Waals surface area contributed by atoms with Crippen molar-refractivity contribution in [3.8, 4) is 16.8 Å². The molecule has 1 heterocycles. The lowest BCUT2D eigenvalue weighted by Gasteiger charge is -2.28. The highest BCUT2D eigenvalue weighted by Crippen LogP contribution is 2.45. The number of rotatable bonds is 5. The summed E-state index contributed by atoms with van der Waals surface area (Å²) in [5.74, 6) is 0. The molecule has 0 amide bonds. The van der Waals surface area contributed by atoms with E-state index in [1.54, 1.807) is 0 Å². The molecule has 0 bridgehead atoms. The molecule has 0 radical (unpaired) electrons. The van der Waals surface area contributed by atoms with Gasteiger partial charge >= 0.3 is 0 Å². The number of hydrogen-bond donors (Lipinski definition) is 0. The highest BCUT2D eigenvalue weighted by Gasteiger charge is 2.22. The van der Waals surface area contributed by atoms with Crippen molar-refractivity contribution in [2.75, 3.05) is 4.90 Å². The predicted molar refractivity (Wildman–Crippen MR) is 231 cm³/mol. The Labute approximate surface area is 313 Å². The van der Waals surface area contributed by atoms with Crippen LogP contribution in [0.5, 0.6) is 0 Å². The molecule has 0 aliphatic carbocycles. The molecule has 11 rings (SSSR count). The number of anilines is 3. The molecule has 1 aromatic heterocycles. The van der Waals surface area contributed by atoms with Crippen LogP contribution in [0.4, 0.5) is 17.1 Å². The highest BCUT2D eigenvalue weighted by molar-refractivity contribution is 6.16. The van der Waals surface area contributed by atoms with Crippen molar-refractivity contribution in [3.05, 3.63) is 206 Å². The first-order valence-electron chi connectivity index (χ1n) is 18.6. The maximum atomic E-state index is 2.46. The van der Waals surface area contributed by atoms with Gasteiger partial charge in [0.2, 0.25) is 0 Å². The molecule has 54 heavy (non-hydrogen) atoms. The molecule has 10 aromatic carbocycles. The van der Waals surface area contributed by atoms with Gasteiger partial charge < -0.3 is 9.47 Å². The van der Waals surface area contributed by atoms with Crippen LogP contribution in [0.3, 0.4) is 0 Å². The van der Waals surface area contributed by atoms with Crippen LogP contribution in [-0.2, 0) is 0 Å². The predicted octanol–water partition coefficient (Wildman–Crippen LogP) is 14.5. The maximum absolute atomic E-state index is 2.46. The van der Waals surface area contributed by atoms with Gasteiger partial charge in [-0.15, -0.1) is 0 Å². The minimum atomic E-state index is 1.10. The maximum Gasteiger partial charge on any atom is 0.0782 e. The summed E-state index contributed by atoms with van der Waals surface area (Å²) in [5.41, 5.74) is 9.23. The Bertz CT molecular complexity index is 3230. The third-order valence-corrected chi connectivity index (χ3v) is 11.1. The van der Waals surface area contributed by atoms with Crippen molar-refractivity contribution >= 4 is 82.0 Å². The highest BCUT2D eigenvalue weighted by atomic mass is 15.2. The lowest BCUT2D eigenvalue weighted by atomic mass is 9.94. The second-order valence-corrected chi connectivity index (χ2v) is 14.1. The Balaban J connectivity index is 1.19. The molecular weight excluding hydrogens is 653 g/mol. The van der Waals surface area contributed by atoms with Crippen molar-refractivity contribution in [2.24, 2.45) is 0 Å². The van der Waals surface area contributed by atoms with Crippen molar-refractivity contribution < 1.29 is 0 Å². The third kappa shape index (κ3) is 4.74. The zero-order valence-electron chi connectivity index (χ0n) is 29.5. The first kappa shape index (κ1) is 30.5. The van der Waals surface area contributed by atoms with Crippen LogP contribution in [0, 0.1) is 0 Å². The van der Waals surface area contributed by atoms with E-state index in [4.69, 9.17) is 0 Å². The standard InChI is InChI=1S/C52H34N2/c1-2-16-39(17-3-1)54-50-25-9-8-21-48(50)49-24-12-26-51(52(49)54)53(41-30-32-45-38(34-41)28-27-35-13-4-6-19-42(35)45)40-18-10-15-37(33-40)44-22-11-23-46-43-20-7-5-14-36(43)29-31-47(44)46/h1-34H. The number of fused-ring (bicyclic) bond motifs is 9. The monoisotopic (exact) mass is 686 g/mol. The molecule has 0 N–H and O–H groups in total. The second-order valence-electron chi connectivity index (χ2n) is 14.1. The molecule has 11 aromatic rings. The van der Waals surface area contributed by atoms with Gasteiger partial charge in [-0.25, -0.2) is 0 Å². The molecule has 0 unspecified atom stereocenters. The fourth-order valence-corrected chi connectivity index (χ4v) is 8.70. The lowest BCUT2D eigenvalue weighted by molar-refractivity contribution is 1.17. The second kappa shape index (κ2) is 12.2. The van der Waals surface area contributed by atoms with E-state index >= 15 is 0 Å². The van der Waals surface area contributed by atoms with Crippen LogP contribution < -0.4 is 4.90 Å². The van der Waals surface area contributed by atoms with Crippen molar-refractivity contribution in [1.29, 1.82) is 0 Å². The summed E-state index contributed by atoms with van der Waals surface area (Å²) in [6.07, 6.45) is 0. The first-order valence-corrected chi connectivity index (χ1v) is 18.6. The van der Waals surface area contributed by atoms with Crippen molar-refractivity contribution in [1.82, 2.24) is 4.57 Å². The molecule has 0 spiro atoms. The van der Waals surface area contributed by atoms with E-state index in [1.165, 1.54) is 76.0 Å². The average molecular weight is 687 g/mol. The van der Waals surface area contributed by atoms with Crippen LogP contribution in [0.2, 0.25) is 0 Å². The molecule has 252 valence electrons. The quantitative estimate of drug-likeness (QED) is 0.164. The summed E-state index contributed by atoms with van der Waals surface area (Å²) in [6.45, 7) is 0. The molecule has 0 aliphatic heterocycles. The summed E-state index contributed by atoms with van der Waals surface area (Å²) in [5, 5.41) is 12.5. The fraction of sp³-hybridized carbons (Fsp3) is 0. The summed E-state index contributed by atoms with van der Waals surface area (Å²) < 4.78 is 2.43. The van der Waals surface area contributed by atoms with E-state index in [9.17, 15) is 0 Å². The molecule has 0 fully saturated rings. The van der Waals surface area contributed by atoms with Gasteiger partial charge in [-0.1, -0.05) is 158 Å². The Morgan fingerprint density at radius 3 is 1.78 bits per heavy atom. The summed E-state index contributed by atoms with van der Waals surface area (Å²) in [7, 11) is 0. The molecule has 0 saturated heterocycles. The zero-order chi connectivity index (χ0) is 35.6. The van der Waals surface area contributed by atoms with E-state index in [-0.39, 0.29) is 0 Å². The van der Waals surface area contributed by atoms with Gasteiger partial charge in [-0.2, -0.15) is 0 Å². The van der Waals surface area contributed by atoms with Gasteiger partial charge in [0.05, 0.1) is 16.7 Å². The zero-order valence-corrected chi connectivity index (χ0v) is 29.5. The van der Waals surface area contributed by atoms with Crippen LogP contribution >= 0.6 is 0 Å². The molecule has 0 atom stereocenters. The minimum Gasteiger partial charge on any atom is -0.308 e. The number of nitrogens with zero attached hydrogens (tertiary/aromatic N) is 2. The number of benzene rings is 10. The van der Waals surface area contributed by atoms with Gasteiger partial charge in [0.1, 0.15) is 0 Å². The van der Waals surface area contributed by atoms with Crippen LogP contribution in [0.25, 0.3) is 81.7 Å². The normalized spacial score (nSPS) is 11.7. The van der Waals surface area contributed by atoms with Gasteiger partial charge in [-0.3, -0.25) is 0 Å². The Morgan fingerprint density at radius 1 is 0.333 bits per heavy atom. The summed E-state index contributed by atoms with van der Waals surface area (Å²) in [6, 6.07) is 75.4. The molecule has 2 nitrogen and oxygen atoms in total. The topological polar surface area (TPSA) is 8.17 Å². The number of aromatic nitrogens is 1. The van der Waals surface area contributed by atoms with Gasteiger partial charge in [-0.05, 0) is 103 Å². The Hall–Kier alpha value is -7.16. The molecule has 0 aliphatic rings. The smallest absolute Gasteiger partial charge is 0.0782 e. The van der Waals surface area contributed by atoms with E-state index in [0.717, 1.165) is 22.7 Å². The summed E-state index contributed by atoms with van der Waals surface area (Å²) in [4.78, 5) is 2.46. The van der Waals surface area contributed by atoms with Crippen molar-refractivity contribution in [2.45, 2.75) is 0 Å². The fourth-order valence-electron chi connectivity index (χ4n) is 8.70. The lowest BCUT2D eigenvalue weighted by Crippen LogP contribution is -2.12. The van der Waals surface area contributed by atoms with Gasteiger partial charge in [0.25, 0.3) is 0 Å². The van der Waals surface area contributed by atoms with Crippen molar-refractivity contribution in [3.63, 3.8) is 0 Å². The Kier molecular flexibility index (Phi) is 6.90. The van der Waals surface area contributed by atoms with E-state index < -0.39 is 0 Å². The average Bonchev–Trinajstić information content (AvgIpc) is 3.59.